The van der Waals surface area contributed by atoms with Gasteiger partial charge in [-0.25, -0.2) is 0 Å². The monoisotopic (exact) mass is 224 g/mol. The first-order valence-corrected chi connectivity index (χ1v) is 5.92. The molecular formula is C12H20N2O2. The average Bonchev–Trinajstić information content (AvgIpc) is 2.52. The molecule has 2 heterocycles. The van der Waals surface area contributed by atoms with E-state index < -0.39 is 5.60 Å². The van der Waals surface area contributed by atoms with E-state index in [1.807, 2.05) is 19.9 Å². The second-order valence-corrected chi connectivity index (χ2v) is 5.06. The maximum Gasteiger partial charge on any atom is 0.133 e. The molecular weight excluding hydrogens is 204 g/mol. The number of aromatic nitrogens is 1. The lowest BCUT2D eigenvalue weighted by atomic mass is 9.98. The van der Waals surface area contributed by atoms with Crippen LogP contribution in [0.1, 0.15) is 37.6 Å². The lowest BCUT2D eigenvalue weighted by Gasteiger charge is -2.21. The van der Waals surface area contributed by atoms with E-state index in [0.717, 1.165) is 50.4 Å². The standard InChI is InChI=1S/C12H20N2O2/c1-10-8-11(13-16-10)9-14-6-3-4-12(2,15)5-7-14/h8,15H,3-7,9H2,1-2H3. The molecule has 4 nitrogen and oxygen atoms in total. The quantitative estimate of drug-likeness (QED) is 0.831. The summed E-state index contributed by atoms with van der Waals surface area (Å²) in [6, 6.07) is 1.98. The highest BCUT2D eigenvalue weighted by Gasteiger charge is 2.25. The maximum atomic E-state index is 9.98. The molecule has 0 saturated carbocycles. The van der Waals surface area contributed by atoms with Gasteiger partial charge >= 0.3 is 0 Å². The van der Waals surface area contributed by atoms with E-state index in [1.54, 1.807) is 0 Å². The molecule has 0 spiro atoms. The van der Waals surface area contributed by atoms with Gasteiger partial charge in [0.05, 0.1) is 11.3 Å². The summed E-state index contributed by atoms with van der Waals surface area (Å²) < 4.78 is 5.05. The Bertz CT molecular complexity index is 347. The van der Waals surface area contributed by atoms with Gasteiger partial charge in [-0.05, 0) is 39.7 Å². The van der Waals surface area contributed by atoms with Gasteiger partial charge < -0.3 is 9.63 Å². The third-order valence-corrected chi connectivity index (χ3v) is 3.22. The van der Waals surface area contributed by atoms with Gasteiger partial charge in [0.1, 0.15) is 5.76 Å². The highest BCUT2D eigenvalue weighted by atomic mass is 16.5. The van der Waals surface area contributed by atoms with Crippen molar-refractivity contribution in [2.75, 3.05) is 13.1 Å². The first kappa shape index (κ1) is 11.6. The van der Waals surface area contributed by atoms with E-state index in [1.165, 1.54) is 0 Å². The summed E-state index contributed by atoms with van der Waals surface area (Å²) in [6.07, 6.45) is 2.77. The third-order valence-electron chi connectivity index (χ3n) is 3.22. The van der Waals surface area contributed by atoms with Gasteiger partial charge in [-0.15, -0.1) is 0 Å². The Hall–Kier alpha value is -0.870. The van der Waals surface area contributed by atoms with Crippen LogP contribution in [-0.4, -0.2) is 33.9 Å². The summed E-state index contributed by atoms with van der Waals surface area (Å²) in [5.41, 5.74) is 0.494. The van der Waals surface area contributed by atoms with Gasteiger partial charge in [0.15, 0.2) is 0 Å². The van der Waals surface area contributed by atoms with Crippen molar-refractivity contribution >= 4 is 0 Å². The Morgan fingerprint density at radius 2 is 2.31 bits per heavy atom. The van der Waals surface area contributed by atoms with Gasteiger partial charge in [-0.1, -0.05) is 5.16 Å². The number of hydrogen-bond donors (Lipinski definition) is 1. The zero-order valence-corrected chi connectivity index (χ0v) is 10.1. The summed E-state index contributed by atoms with van der Waals surface area (Å²) in [5.74, 6) is 0.858. The van der Waals surface area contributed by atoms with Crippen LogP contribution in [0.15, 0.2) is 10.6 Å². The van der Waals surface area contributed by atoms with Crippen LogP contribution < -0.4 is 0 Å². The van der Waals surface area contributed by atoms with E-state index in [-0.39, 0.29) is 0 Å². The van der Waals surface area contributed by atoms with Crippen molar-refractivity contribution in [1.29, 1.82) is 0 Å². The minimum Gasteiger partial charge on any atom is -0.390 e. The molecule has 1 aliphatic heterocycles. The van der Waals surface area contributed by atoms with Crippen molar-refractivity contribution in [3.8, 4) is 0 Å². The Kier molecular flexibility index (Phi) is 3.30. The van der Waals surface area contributed by atoms with Crippen molar-refractivity contribution in [2.45, 2.75) is 45.3 Å². The van der Waals surface area contributed by atoms with Crippen LogP contribution in [0.5, 0.6) is 0 Å². The molecule has 0 radical (unpaired) electrons. The van der Waals surface area contributed by atoms with Gasteiger partial charge in [0.2, 0.25) is 0 Å². The van der Waals surface area contributed by atoms with Crippen LogP contribution in [0.3, 0.4) is 0 Å². The van der Waals surface area contributed by atoms with E-state index in [4.69, 9.17) is 4.52 Å². The van der Waals surface area contributed by atoms with E-state index in [9.17, 15) is 5.11 Å². The lowest BCUT2D eigenvalue weighted by Crippen LogP contribution is -2.28. The molecule has 0 amide bonds. The van der Waals surface area contributed by atoms with Gasteiger partial charge in [0.25, 0.3) is 0 Å². The number of aryl methyl sites for hydroxylation is 1. The molecule has 0 bridgehead atoms. The normalized spacial score (nSPS) is 27.9. The largest absolute Gasteiger partial charge is 0.390 e. The first-order valence-electron chi connectivity index (χ1n) is 5.92. The second kappa shape index (κ2) is 4.55. The topological polar surface area (TPSA) is 49.5 Å². The van der Waals surface area contributed by atoms with Gasteiger partial charge in [-0.2, -0.15) is 0 Å². The summed E-state index contributed by atoms with van der Waals surface area (Å²) in [5, 5.41) is 14.0. The summed E-state index contributed by atoms with van der Waals surface area (Å²) >= 11 is 0. The molecule has 1 fully saturated rings. The van der Waals surface area contributed by atoms with Crippen LogP contribution in [0.4, 0.5) is 0 Å². The molecule has 1 aliphatic rings. The van der Waals surface area contributed by atoms with Crippen LogP contribution in [0, 0.1) is 6.92 Å². The summed E-state index contributed by atoms with van der Waals surface area (Å²) in [4.78, 5) is 2.33. The predicted molar refractivity (Wildman–Crippen MR) is 61.0 cm³/mol. The molecule has 1 atom stereocenters. The van der Waals surface area contributed by atoms with E-state index in [2.05, 4.69) is 10.1 Å². The third kappa shape index (κ3) is 3.06. The van der Waals surface area contributed by atoms with Crippen LogP contribution in [-0.2, 0) is 6.54 Å². The first-order chi connectivity index (χ1) is 7.55. The van der Waals surface area contributed by atoms with Crippen molar-refractivity contribution in [1.82, 2.24) is 10.1 Å². The predicted octanol–water partition coefficient (Wildman–Crippen LogP) is 1.72. The molecule has 0 aliphatic carbocycles. The fourth-order valence-corrected chi connectivity index (χ4v) is 2.20. The number of likely N-dealkylation sites (tertiary alicyclic amines) is 1. The van der Waals surface area contributed by atoms with Crippen molar-refractivity contribution in [2.24, 2.45) is 0 Å². The zero-order valence-electron chi connectivity index (χ0n) is 10.1. The molecule has 1 aromatic heterocycles. The fraction of sp³-hybridized carbons (Fsp3) is 0.750. The Labute approximate surface area is 96.2 Å². The molecule has 1 aromatic rings. The van der Waals surface area contributed by atoms with Crippen molar-refractivity contribution < 1.29 is 9.63 Å². The van der Waals surface area contributed by atoms with E-state index >= 15 is 0 Å². The number of nitrogens with zero attached hydrogens (tertiary/aromatic N) is 2. The number of rotatable bonds is 2. The van der Waals surface area contributed by atoms with Crippen molar-refractivity contribution in [3.63, 3.8) is 0 Å². The Morgan fingerprint density at radius 1 is 1.50 bits per heavy atom. The molecule has 4 heteroatoms. The SMILES string of the molecule is Cc1cc(CN2CCCC(C)(O)CC2)no1. The lowest BCUT2D eigenvalue weighted by molar-refractivity contribution is 0.0443. The molecule has 90 valence electrons. The minimum atomic E-state index is -0.492. The summed E-state index contributed by atoms with van der Waals surface area (Å²) in [6.45, 7) is 6.62. The second-order valence-electron chi connectivity index (χ2n) is 5.06. The molecule has 1 saturated heterocycles. The number of hydrogen-bond acceptors (Lipinski definition) is 4. The fourth-order valence-electron chi connectivity index (χ4n) is 2.20. The number of aliphatic hydroxyl groups is 1. The average molecular weight is 224 g/mol. The Morgan fingerprint density at radius 3 is 3.00 bits per heavy atom. The zero-order chi connectivity index (χ0) is 11.6. The molecule has 16 heavy (non-hydrogen) atoms. The highest BCUT2D eigenvalue weighted by molar-refractivity contribution is 5.03. The smallest absolute Gasteiger partial charge is 0.133 e. The Balaban J connectivity index is 1.91. The summed E-state index contributed by atoms with van der Waals surface area (Å²) in [7, 11) is 0. The van der Waals surface area contributed by atoms with Gasteiger partial charge in [-0.3, -0.25) is 4.90 Å². The van der Waals surface area contributed by atoms with Gasteiger partial charge in [0, 0.05) is 19.2 Å². The molecule has 2 rings (SSSR count). The molecule has 1 N–H and O–H groups in total. The van der Waals surface area contributed by atoms with Crippen LogP contribution in [0.25, 0.3) is 0 Å². The van der Waals surface area contributed by atoms with Crippen LogP contribution >= 0.6 is 0 Å². The van der Waals surface area contributed by atoms with Crippen LogP contribution in [0.2, 0.25) is 0 Å². The highest BCUT2D eigenvalue weighted by Crippen LogP contribution is 2.22. The van der Waals surface area contributed by atoms with E-state index in [0.29, 0.717) is 0 Å². The molecule has 1 unspecified atom stereocenters. The van der Waals surface area contributed by atoms with Crippen molar-refractivity contribution in [3.05, 3.63) is 17.5 Å². The minimum absolute atomic E-state index is 0.492. The molecule has 0 aromatic carbocycles. The maximum absolute atomic E-state index is 9.98.